The Morgan fingerprint density at radius 2 is 2.15 bits per heavy atom. The summed E-state index contributed by atoms with van der Waals surface area (Å²) in [6.45, 7) is 8.34. The maximum absolute atomic E-state index is 14.3. The number of nitrogens with one attached hydrogen (secondary N) is 2. The van der Waals surface area contributed by atoms with Crippen molar-refractivity contribution in [3.8, 4) is 0 Å². The van der Waals surface area contributed by atoms with Crippen LogP contribution in [0.15, 0.2) is 41.7 Å². The number of rotatable bonds is 5. The Kier molecular flexibility index (Phi) is 6.45. The van der Waals surface area contributed by atoms with Gasteiger partial charge >= 0.3 is 0 Å². The van der Waals surface area contributed by atoms with Crippen molar-refractivity contribution in [2.24, 2.45) is 10.7 Å². The molecule has 144 valence electrons. The van der Waals surface area contributed by atoms with E-state index in [2.05, 4.69) is 34.3 Å². The molecule has 1 aromatic carbocycles. The van der Waals surface area contributed by atoms with Gasteiger partial charge in [-0.3, -0.25) is 4.99 Å². The second kappa shape index (κ2) is 9.00. The molecular weight excluding hydrogens is 339 g/mol. The average Bonchev–Trinajstić information content (AvgIpc) is 2.69. The molecule has 0 radical (unpaired) electrons. The zero-order valence-corrected chi connectivity index (χ0v) is 16.0. The van der Waals surface area contributed by atoms with Crippen molar-refractivity contribution in [2.45, 2.75) is 38.1 Å². The molecule has 27 heavy (non-hydrogen) atoms. The number of nitrogens with zero attached hydrogens (tertiary/aromatic N) is 1. The number of allylic oxidation sites excluding steroid dienone is 2. The van der Waals surface area contributed by atoms with Gasteiger partial charge in [-0.1, -0.05) is 31.7 Å². The minimum atomic E-state index is -0.203. The van der Waals surface area contributed by atoms with Gasteiger partial charge in [-0.2, -0.15) is 0 Å². The van der Waals surface area contributed by atoms with Gasteiger partial charge in [-0.05, 0) is 55.3 Å². The molecule has 0 spiro atoms. The first kappa shape index (κ1) is 19.4. The molecule has 0 saturated carbocycles. The highest BCUT2D eigenvalue weighted by Crippen LogP contribution is 2.25. The van der Waals surface area contributed by atoms with Crippen molar-refractivity contribution in [2.75, 3.05) is 25.0 Å². The number of halogens is 1. The molecular formula is C22H29FN4. The van der Waals surface area contributed by atoms with Gasteiger partial charge in [0.25, 0.3) is 0 Å². The highest BCUT2D eigenvalue weighted by Gasteiger charge is 2.19. The van der Waals surface area contributed by atoms with Gasteiger partial charge in [-0.15, -0.1) is 0 Å². The third-order valence-electron chi connectivity index (χ3n) is 5.26. The van der Waals surface area contributed by atoms with Crippen LogP contribution in [0.3, 0.4) is 0 Å². The second-order valence-corrected chi connectivity index (χ2v) is 7.07. The standard InChI is InChI=1S/C22H29FN4/c1-3-5-15-10-16(17-11-20(23)21(4-2)26-14-17)12-22(19(15)13-24)27-18-6-8-25-9-7-18/h3,5,10-13,17-18,25,27H,1,4,6-9,14,24H2,2H3/b15-5-,19-13+. The summed E-state index contributed by atoms with van der Waals surface area (Å²) in [5.74, 6) is -0.275. The smallest absolute Gasteiger partial charge is 0.140 e. The molecule has 4 nitrogen and oxygen atoms in total. The van der Waals surface area contributed by atoms with Crippen LogP contribution in [0.25, 0.3) is 12.3 Å². The van der Waals surface area contributed by atoms with Gasteiger partial charge in [-0.25, -0.2) is 4.39 Å². The minimum absolute atomic E-state index is 0.0716. The van der Waals surface area contributed by atoms with E-state index in [0.29, 0.717) is 24.7 Å². The van der Waals surface area contributed by atoms with Gasteiger partial charge in [0.05, 0.1) is 5.71 Å². The van der Waals surface area contributed by atoms with Crippen LogP contribution >= 0.6 is 0 Å². The van der Waals surface area contributed by atoms with E-state index >= 15 is 0 Å². The Labute approximate surface area is 160 Å². The number of hydrogen-bond donors (Lipinski definition) is 3. The lowest BCUT2D eigenvalue weighted by Crippen LogP contribution is -2.38. The van der Waals surface area contributed by atoms with Crippen molar-refractivity contribution in [3.63, 3.8) is 0 Å². The SMILES string of the molecule is C=C/C=c1/cc(C2C=C(F)C(CC)=NC2)cc(NC2CCNCC2)/c1=C/N. The molecule has 1 atom stereocenters. The zero-order chi connectivity index (χ0) is 19.2. The van der Waals surface area contributed by atoms with Crippen molar-refractivity contribution in [3.05, 3.63) is 52.7 Å². The first-order chi connectivity index (χ1) is 13.2. The average molecular weight is 369 g/mol. The van der Waals surface area contributed by atoms with E-state index in [1.165, 1.54) is 0 Å². The van der Waals surface area contributed by atoms with Crippen molar-refractivity contribution in [1.29, 1.82) is 0 Å². The van der Waals surface area contributed by atoms with Crippen LogP contribution in [0.4, 0.5) is 10.1 Å². The third kappa shape index (κ3) is 4.48. The first-order valence-corrected chi connectivity index (χ1v) is 9.73. The number of piperidine rings is 1. The number of nitrogens with two attached hydrogens (primary N) is 1. The van der Waals surface area contributed by atoms with E-state index in [1.807, 2.05) is 13.0 Å². The molecule has 5 heteroatoms. The van der Waals surface area contributed by atoms with Gasteiger partial charge in [0.2, 0.25) is 0 Å². The van der Waals surface area contributed by atoms with E-state index in [9.17, 15) is 4.39 Å². The first-order valence-electron chi connectivity index (χ1n) is 9.73. The molecule has 1 saturated heterocycles. The van der Waals surface area contributed by atoms with Gasteiger partial charge in [0.1, 0.15) is 5.83 Å². The summed E-state index contributed by atoms with van der Waals surface area (Å²) >= 11 is 0. The Bertz CT molecular complexity index is 863. The van der Waals surface area contributed by atoms with Crippen LogP contribution in [0.5, 0.6) is 0 Å². The second-order valence-electron chi connectivity index (χ2n) is 7.07. The van der Waals surface area contributed by atoms with E-state index in [4.69, 9.17) is 5.73 Å². The molecule has 0 amide bonds. The quantitative estimate of drug-likeness (QED) is 0.747. The topological polar surface area (TPSA) is 62.4 Å². The molecule has 3 rings (SSSR count). The zero-order valence-electron chi connectivity index (χ0n) is 16.0. The fraction of sp³-hybridized carbons (Fsp3) is 0.409. The fourth-order valence-corrected chi connectivity index (χ4v) is 3.76. The number of aliphatic imine (C=N–C) groups is 1. The Morgan fingerprint density at radius 1 is 1.37 bits per heavy atom. The maximum atomic E-state index is 14.3. The van der Waals surface area contributed by atoms with Gasteiger partial charge in [0.15, 0.2) is 0 Å². The van der Waals surface area contributed by atoms with Crippen molar-refractivity contribution < 1.29 is 4.39 Å². The number of anilines is 1. The van der Waals surface area contributed by atoms with Crippen LogP contribution in [0.2, 0.25) is 0 Å². The van der Waals surface area contributed by atoms with Crippen molar-refractivity contribution >= 4 is 23.7 Å². The molecule has 2 aliphatic heterocycles. The lowest BCUT2D eigenvalue weighted by molar-refractivity contribution is 0.479. The predicted octanol–water partition coefficient (Wildman–Crippen LogP) is 2.32. The summed E-state index contributed by atoms with van der Waals surface area (Å²) in [6.07, 6.45) is 9.78. The molecule has 1 unspecified atom stereocenters. The summed E-state index contributed by atoms with van der Waals surface area (Å²) in [5, 5.41) is 8.98. The molecule has 0 bridgehead atoms. The summed E-state index contributed by atoms with van der Waals surface area (Å²) in [7, 11) is 0. The summed E-state index contributed by atoms with van der Waals surface area (Å²) in [5.41, 5.74) is 8.54. The normalized spacial score (nSPS) is 22.4. The highest BCUT2D eigenvalue weighted by molar-refractivity contribution is 5.98. The highest BCUT2D eigenvalue weighted by atomic mass is 19.1. The summed E-state index contributed by atoms with van der Waals surface area (Å²) in [4.78, 5) is 4.43. The monoisotopic (exact) mass is 368 g/mol. The Hall–Kier alpha value is -2.40. The Balaban J connectivity index is 2.01. The van der Waals surface area contributed by atoms with E-state index in [-0.39, 0.29) is 11.7 Å². The van der Waals surface area contributed by atoms with Crippen LogP contribution in [0.1, 0.15) is 37.7 Å². The molecule has 0 aromatic heterocycles. The van der Waals surface area contributed by atoms with Gasteiger partial charge < -0.3 is 16.4 Å². The van der Waals surface area contributed by atoms with E-state index < -0.39 is 0 Å². The third-order valence-corrected chi connectivity index (χ3v) is 5.26. The fourth-order valence-electron chi connectivity index (χ4n) is 3.76. The molecule has 0 aliphatic carbocycles. The van der Waals surface area contributed by atoms with Crippen LogP contribution < -0.4 is 26.8 Å². The van der Waals surface area contributed by atoms with Gasteiger partial charge in [0, 0.05) is 35.6 Å². The molecule has 4 N–H and O–H groups in total. The van der Waals surface area contributed by atoms with Crippen molar-refractivity contribution in [1.82, 2.24) is 5.32 Å². The van der Waals surface area contributed by atoms with E-state index in [1.54, 1.807) is 18.4 Å². The number of benzene rings is 1. The molecule has 2 aliphatic rings. The largest absolute Gasteiger partial charge is 0.404 e. The lowest BCUT2D eigenvalue weighted by Gasteiger charge is -2.26. The number of dihydropyridines is 1. The summed E-state index contributed by atoms with van der Waals surface area (Å²) in [6, 6.07) is 4.57. The molecule has 1 fully saturated rings. The Morgan fingerprint density at radius 3 is 2.78 bits per heavy atom. The van der Waals surface area contributed by atoms with Crippen LogP contribution in [0, 0.1) is 0 Å². The maximum Gasteiger partial charge on any atom is 0.140 e. The summed E-state index contributed by atoms with van der Waals surface area (Å²) < 4.78 is 14.3. The van der Waals surface area contributed by atoms with E-state index in [0.717, 1.165) is 47.6 Å². The van der Waals surface area contributed by atoms with Crippen LogP contribution in [-0.2, 0) is 0 Å². The number of hydrogen-bond acceptors (Lipinski definition) is 4. The predicted molar refractivity (Wildman–Crippen MR) is 113 cm³/mol. The minimum Gasteiger partial charge on any atom is -0.404 e. The molecule has 2 heterocycles. The lowest BCUT2D eigenvalue weighted by atomic mass is 9.93. The van der Waals surface area contributed by atoms with Crippen LogP contribution in [-0.4, -0.2) is 31.4 Å². The molecule has 1 aromatic rings.